The van der Waals surface area contributed by atoms with Gasteiger partial charge in [0.05, 0.1) is 17.4 Å². The maximum absolute atomic E-state index is 12.0. The summed E-state index contributed by atoms with van der Waals surface area (Å²) in [6.45, 7) is 1.57. The Morgan fingerprint density at radius 2 is 1.88 bits per heavy atom. The number of nitrogens with zero attached hydrogens (tertiary/aromatic N) is 1. The molecular formula is C18H18N2O4S. The number of rotatable bonds is 6. The van der Waals surface area contributed by atoms with Crippen molar-refractivity contribution in [3.8, 4) is 11.8 Å². The minimum absolute atomic E-state index is 0.141. The van der Waals surface area contributed by atoms with E-state index in [0.29, 0.717) is 17.9 Å². The smallest absolute Gasteiger partial charge is 0.262 e. The molecule has 6 nitrogen and oxygen atoms in total. The summed E-state index contributed by atoms with van der Waals surface area (Å²) < 4.78 is 28.6. The third kappa shape index (κ3) is 5.33. The normalized spacial score (nSPS) is 10.8. The minimum Gasteiger partial charge on any atom is -0.484 e. The molecule has 0 aliphatic rings. The number of nitrogens with one attached hydrogen (secondary N) is 1. The predicted molar refractivity (Wildman–Crippen MR) is 94.2 cm³/mol. The molecule has 2 aromatic rings. The van der Waals surface area contributed by atoms with Crippen LogP contribution in [0.15, 0.2) is 47.4 Å². The molecule has 0 saturated heterocycles. The van der Waals surface area contributed by atoms with Gasteiger partial charge in [-0.1, -0.05) is 18.2 Å². The molecule has 0 aromatic heterocycles. The second kappa shape index (κ2) is 7.81. The topological polar surface area (TPSA) is 96.3 Å². The van der Waals surface area contributed by atoms with Crippen LogP contribution < -0.4 is 10.1 Å². The van der Waals surface area contributed by atoms with Crippen LogP contribution in [-0.4, -0.2) is 27.2 Å². The van der Waals surface area contributed by atoms with Gasteiger partial charge in [0.25, 0.3) is 5.91 Å². The van der Waals surface area contributed by atoms with Gasteiger partial charge in [-0.25, -0.2) is 8.42 Å². The molecular weight excluding hydrogens is 340 g/mol. The number of ether oxygens (including phenoxy) is 1. The fourth-order valence-corrected chi connectivity index (χ4v) is 2.74. The fourth-order valence-electron chi connectivity index (χ4n) is 2.10. The van der Waals surface area contributed by atoms with Crippen molar-refractivity contribution in [2.75, 3.05) is 18.2 Å². The highest BCUT2D eigenvalue weighted by molar-refractivity contribution is 7.90. The molecule has 130 valence electrons. The second-order valence-electron chi connectivity index (χ2n) is 5.56. The number of carbonyl (C=O) groups is 1. The van der Waals surface area contributed by atoms with E-state index in [4.69, 9.17) is 10.00 Å². The molecule has 25 heavy (non-hydrogen) atoms. The molecule has 0 fully saturated rings. The Hall–Kier alpha value is -2.85. The van der Waals surface area contributed by atoms with Gasteiger partial charge in [0.2, 0.25) is 0 Å². The number of aryl methyl sites for hydroxylation is 1. The standard InChI is InChI=1S/C18H18N2O4S/c1-13-3-8-16(25(2,22)23)11-17(13)20-18(21)12-24-15-6-4-14(5-7-15)9-10-19/h3-8,11H,9,12H2,1-2H3,(H,20,21). The SMILES string of the molecule is Cc1ccc(S(C)(=O)=O)cc1NC(=O)COc1ccc(CC#N)cc1. The molecule has 0 unspecified atom stereocenters. The summed E-state index contributed by atoms with van der Waals surface area (Å²) in [4.78, 5) is 12.2. The molecule has 0 atom stereocenters. The van der Waals surface area contributed by atoms with Crippen LogP contribution in [0.25, 0.3) is 0 Å². The Balaban J connectivity index is 1.99. The molecule has 0 saturated carbocycles. The van der Waals surface area contributed by atoms with Crippen molar-refractivity contribution in [2.45, 2.75) is 18.2 Å². The molecule has 0 aliphatic carbocycles. The van der Waals surface area contributed by atoms with Gasteiger partial charge in [0, 0.05) is 11.9 Å². The van der Waals surface area contributed by atoms with Crippen LogP contribution >= 0.6 is 0 Å². The second-order valence-corrected chi connectivity index (χ2v) is 7.58. The van der Waals surface area contributed by atoms with Crippen molar-refractivity contribution in [1.29, 1.82) is 5.26 Å². The lowest BCUT2D eigenvalue weighted by atomic mass is 10.2. The lowest BCUT2D eigenvalue weighted by Crippen LogP contribution is -2.20. The van der Waals surface area contributed by atoms with Crippen LogP contribution in [0.4, 0.5) is 5.69 Å². The lowest BCUT2D eigenvalue weighted by molar-refractivity contribution is -0.118. The van der Waals surface area contributed by atoms with Crippen molar-refractivity contribution in [3.05, 3.63) is 53.6 Å². The first kappa shape index (κ1) is 18.5. The highest BCUT2D eigenvalue weighted by atomic mass is 32.2. The van der Waals surface area contributed by atoms with E-state index in [0.717, 1.165) is 17.4 Å². The Morgan fingerprint density at radius 1 is 1.20 bits per heavy atom. The zero-order valence-corrected chi connectivity index (χ0v) is 14.8. The summed E-state index contributed by atoms with van der Waals surface area (Å²) in [5.41, 5.74) is 2.05. The maximum Gasteiger partial charge on any atom is 0.262 e. The molecule has 0 heterocycles. The van der Waals surface area contributed by atoms with Gasteiger partial charge < -0.3 is 10.1 Å². The van der Waals surface area contributed by atoms with Crippen LogP contribution in [0.5, 0.6) is 5.75 Å². The fraction of sp³-hybridized carbons (Fsp3) is 0.222. The molecule has 0 radical (unpaired) electrons. The van der Waals surface area contributed by atoms with E-state index in [2.05, 4.69) is 11.4 Å². The van der Waals surface area contributed by atoms with E-state index in [-0.39, 0.29) is 11.5 Å². The molecule has 7 heteroatoms. The third-order valence-corrected chi connectivity index (χ3v) is 4.60. The molecule has 0 spiro atoms. The summed E-state index contributed by atoms with van der Waals surface area (Å²) in [6.07, 6.45) is 1.43. The predicted octanol–water partition coefficient (Wildman–Crippen LogP) is 2.48. The summed E-state index contributed by atoms with van der Waals surface area (Å²) in [5, 5.41) is 11.3. The van der Waals surface area contributed by atoms with Crippen LogP contribution in [-0.2, 0) is 21.1 Å². The van der Waals surface area contributed by atoms with E-state index in [9.17, 15) is 13.2 Å². The molecule has 2 aromatic carbocycles. The monoisotopic (exact) mass is 358 g/mol. The average molecular weight is 358 g/mol. The Morgan fingerprint density at radius 3 is 2.48 bits per heavy atom. The van der Waals surface area contributed by atoms with Gasteiger partial charge in [-0.2, -0.15) is 5.26 Å². The van der Waals surface area contributed by atoms with Crippen molar-refractivity contribution >= 4 is 21.4 Å². The average Bonchev–Trinajstić information content (AvgIpc) is 2.55. The van der Waals surface area contributed by atoms with Gasteiger partial charge >= 0.3 is 0 Å². The molecule has 0 bridgehead atoms. The first-order valence-electron chi connectivity index (χ1n) is 7.49. The maximum atomic E-state index is 12.0. The van der Waals surface area contributed by atoms with Crippen LogP contribution in [0, 0.1) is 18.3 Å². The van der Waals surface area contributed by atoms with E-state index in [1.165, 1.54) is 12.1 Å². The number of anilines is 1. The van der Waals surface area contributed by atoms with E-state index in [1.807, 2.05) is 0 Å². The zero-order valence-electron chi connectivity index (χ0n) is 13.9. The largest absolute Gasteiger partial charge is 0.484 e. The van der Waals surface area contributed by atoms with Crippen LogP contribution in [0.1, 0.15) is 11.1 Å². The van der Waals surface area contributed by atoms with Crippen LogP contribution in [0.2, 0.25) is 0 Å². The van der Waals surface area contributed by atoms with Crippen LogP contribution in [0.3, 0.4) is 0 Å². The van der Waals surface area contributed by atoms with Gasteiger partial charge in [-0.15, -0.1) is 0 Å². The number of carbonyl (C=O) groups excluding carboxylic acids is 1. The van der Waals surface area contributed by atoms with E-state index in [1.54, 1.807) is 37.3 Å². The van der Waals surface area contributed by atoms with Crippen molar-refractivity contribution in [3.63, 3.8) is 0 Å². The number of benzene rings is 2. The number of amides is 1. The first-order valence-corrected chi connectivity index (χ1v) is 9.38. The number of nitriles is 1. The zero-order chi connectivity index (χ0) is 18.4. The number of hydrogen-bond donors (Lipinski definition) is 1. The Labute approximate surface area is 147 Å². The van der Waals surface area contributed by atoms with Crippen molar-refractivity contribution < 1.29 is 17.9 Å². The summed E-state index contributed by atoms with van der Waals surface area (Å²) in [5.74, 6) is 0.119. The minimum atomic E-state index is -3.35. The molecule has 1 N–H and O–H groups in total. The highest BCUT2D eigenvalue weighted by Crippen LogP contribution is 2.20. The summed E-state index contributed by atoms with van der Waals surface area (Å²) >= 11 is 0. The van der Waals surface area contributed by atoms with Gasteiger partial charge in [-0.3, -0.25) is 4.79 Å². The first-order chi connectivity index (χ1) is 11.8. The molecule has 1 amide bonds. The summed E-state index contributed by atoms with van der Waals surface area (Å²) in [7, 11) is -3.35. The Kier molecular flexibility index (Phi) is 5.78. The molecule has 0 aliphatic heterocycles. The van der Waals surface area contributed by atoms with E-state index >= 15 is 0 Å². The van der Waals surface area contributed by atoms with Gasteiger partial charge in [0.15, 0.2) is 16.4 Å². The summed E-state index contributed by atoms with van der Waals surface area (Å²) in [6, 6.07) is 13.5. The quantitative estimate of drug-likeness (QED) is 0.856. The number of hydrogen-bond acceptors (Lipinski definition) is 5. The lowest BCUT2D eigenvalue weighted by Gasteiger charge is -2.11. The highest BCUT2D eigenvalue weighted by Gasteiger charge is 2.11. The van der Waals surface area contributed by atoms with Gasteiger partial charge in [0.1, 0.15) is 5.75 Å². The molecule has 2 rings (SSSR count). The van der Waals surface area contributed by atoms with E-state index < -0.39 is 15.7 Å². The third-order valence-electron chi connectivity index (χ3n) is 3.49. The van der Waals surface area contributed by atoms with Crippen molar-refractivity contribution in [1.82, 2.24) is 0 Å². The van der Waals surface area contributed by atoms with Gasteiger partial charge in [-0.05, 0) is 42.3 Å². The van der Waals surface area contributed by atoms with Crippen molar-refractivity contribution in [2.24, 2.45) is 0 Å². The Bertz CT molecular complexity index is 913. The number of sulfone groups is 1.